The van der Waals surface area contributed by atoms with Crippen LogP contribution in [0.4, 0.5) is 11.4 Å². The second-order valence-corrected chi connectivity index (χ2v) is 2.69. The Hall–Kier alpha value is -0.740. The standard InChI is InChI=1S/C6H7BrN2.C2H6.CH4O/c7-4-1-2-5(8)6(9)3-4;2*1-2/h1-3H,8-9H2;1-2H3;2H,1H3. The molecule has 1 aromatic carbocycles. The molecule has 76 valence electrons. The lowest BCUT2D eigenvalue weighted by Crippen LogP contribution is -1.92. The van der Waals surface area contributed by atoms with Gasteiger partial charge < -0.3 is 16.6 Å². The fourth-order valence-corrected chi connectivity index (χ4v) is 0.924. The van der Waals surface area contributed by atoms with Gasteiger partial charge in [-0.3, -0.25) is 0 Å². The van der Waals surface area contributed by atoms with Crippen molar-refractivity contribution in [3.05, 3.63) is 22.7 Å². The van der Waals surface area contributed by atoms with E-state index >= 15 is 0 Å². The van der Waals surface area contributed by atoms with Crippen molar-refractivity contribution in [3.8, 4) is 0 Å². The van der Waals surface area contributed by atoms with E-state index in [1.54, 1.807) is 12.1 Å². The second kappa shape index (κ2) is 9.35. The van der Waals surface area contributed by atoms with Gasteiger partial charge in [0.05, 0.1) is 11.4 Å². The highest BCUT2D eigenvalue weighted by atomic mass is 79.9. The van der Waals surface area contributed by atoms with Crippen LogP contribution in [0.25, 0.3) is 0 Å². The van der Waals surface area contributed by atoms with E-state index in [4.69, 9.17) is 16.6 Å². The molecule has 0 saturated heterocycles. The number of halogens is 1. The highest BCUT2D eigenvalue weighted by Gasteiger charge is 1.91. The summed E-state index contributed by atoms with van der Waals surface area (Å²) in [5.74, 6) is 0. The average molecular weight is 249 g/mol. The molecule has 0 bridgehead atoms. The van der Waals surface area contributed by atoms with Crippen molar-refractivity contribution in [1.82, 2.24) is 0 Å². The number of rotatable bonds is 0. The molecule has 0 heterocycles. The van der Waals surface area contributed by atoms with E-state index < -0.39 is 0 Å². The molecule has 0 aliphatic heterocycles. The monoisotopic (exact) mass is 248 g/mol. The van der Waals surface area contributed by atoms with Gasteiger partial charge in [0, 0.05) is 11.6 Å². The normalized spacial score (nSPS) is 7.46. The first-order valence-electron chi connectivity index (χ1n) is 3.95. The van der Waals surface area contributed by atoms with Crippen LogP contribution in [-0.4, -0.2) is 12.2 Å². The van der Waals surface area contributed by atoms with Crippen LogP contribution < -0.4 is 11.5 Å². The Bertz CT molecular complexity index is 229. The minimum absolute atomic E-state index is 0.615. The molecule has 4 heteroatoms. The Balaban J connectivity index is 0. The van der Waals surface area contributed by atoms with E-state index in [1.807, 2.05) is 19.9 Å². The lowest BCUT2D eigenvalue weighted by molar-refractivity contribution is 0.399. The molecule has 0 saturated carbocycles. The molecule has 3 nitrogen and oxygen atoms in total. The molecule has 1 rings (SSSR count). The number of aliphatic hydroxyl groups is 1. The molecule has 0 spiro atoms. The van der Waals surface area contributed by atoms with Crippen LogP contribution in [-0.2, 0) is 0 Å². The van der Waals surface area contributed by atoms with E-state index in [0.717, 1.165) is 11.6 Å². The Labute approximate surface area is 87.9 Å². The van der Waals surface area contributed by atoms with Gasteiger partial charge in [0.2, 0.25) is 0 Å². The summed E-state index contributed by atoms with van der Waals surface area (Å²) < 4.78 is 0.953. The molecule has 0 fully saturated rings. The summed E-state index contributed by atoms with van der Waals surface area (Å²) >= 11 is 3.26. The van der Waals surface area contributed by atoms with E-state index in [0.29, 0.717) is 11.4 Å². The van der Waals surface area contributed by atoms with Crippen LogP contribution in [0, 0.1) is 0 Å². The number of hydrogen-bond acceptors (Lipinski definition) is 3. The Morgan fingerprint density at radius 3 is 1.85 bits per heavy atom. The molecular formula is C9H17BrN2O. The summed E-state index contributed by atoms with van der Waals surface area (Å²) in [5, 5.41) is 7.00. The zero-order valence-corrected chi connectivity index (χ0v) is 9.80. The Morgan fingerprint density at radius 1 is 1.08 bits per heavy atom. The predicted octanol–water partition coefficient (Wildman–Crippen LogP) is 2.25. The molecular weight excluding hydrogens is 232 g/mol. The first-order chi connectivity index (χ1) is 6.20. The molecule has 0 amide bonds. The first kappa shape index (κ1) is 14.8. The highest BCUT2D eigenvalue weighted by molar-refractivity contribution is 9.10. The fourth-order valence-electron chi connectivity index (χ4n) is 0.546. The Morgan fingerprint density at radius 2 is 1.54 bits per heavy atom. The number of benzene rings is 1. The van der Waals surface area contributed by atoms with Crippen molar-refractivity contribution >= 4 is 27.3 Å². The van der Waals surface area contributed by atoms with Crippen molar-refractivity contribution in [3.63, 3.8) is 0 Å². The minimum atomic E-state index is 0.615. The fraction of sp³-hybridized carbons (Fsp3) is 0.333. The van der Waals surface area contributed by atoms with E-state index in [2.05, 4.69) is 15.9 Å². The molecule has 0 aliphatic carbocycles. The summed E-state index contributed by atoms with van der Waals surface area (Å²) in [6.07, 6.45) is 0. The molecule has 0 atom stereocenters. The third-order valence-corrected chi connectivity index (χ3v) is 1.54. The van der Waals surface area contributed by atoms with Gasteiger partial charge in [-0.05, 0) is 18.2 Å². The van der Waals surface area contributed by atoms with Crippen molar-refractivity contribution in [2.75, 3.05) is 18.6 Å². The van der Waals surface area contributed by atoms with Gasteiger partial charge in [-0.15, -0.1) is 0 Å². The zero-order chi connectivity index (χ0) is 10.9. The number of nitrogens with two attached hydrogens (primary N) is 2. The van der Waals surface area contributed by atoms with Crippen LogP contribution in [0.1, 0.15) is 13.8 Å². The van der Waals surface area contributed by atoms with Gasteiger partial charge in [0.25, 0.3) is 0 Å². The van der Waals surface area contributed by atoms with Crippen molar-refractivity contribution in [2.45, 2.75) is 13.8 Å². The van der Waals surface area contributed by atoms with Gasteiger partial charge >= 0.3 is 0 Å². The van der Waals surface area contributed by atoms with Gasteiger partial charge in [-0.2, -0.15) is 0 Å². The smallest absolute Gasteiger partial charge is 0.0559 e. The van der Waals surface area contributed by atoms with Crippen LogP contribution in [0.15, 0.2) is 22.7 Å². The lowest BCUT2D eigenvalue weighted by Gasteiger charge is -1.97. The highest BCUT2D eigenvalue weighted by Crippen LogP contribution is 2.19. The topological polar surface area (TPSA) is 72.3 Å². The van der Waals surface area contributed by atoms with Gasteiger partial charge in [0.15, 0.2) is 0 Å². The molecule has 0 aliphatic rings. The van der Waals surface area contributed by atoms with Gasteiger partial charge in [-0.25, -0.2) is 0 Å². The maximum absolute atomic E-state index is 7.00. The van der Waals surface area contributed by atoms with Crippen LogP contribution in [0.5, 0.6) is 0 Å². The maximum atomic E-state index is 7.00. The zero-order valence-electron chi connectivity index (χ0n) is 8.21. The van der Waals surface area contributed by atoms with E-state index in [9.17, 15) is 0 Å². The van der Waals surface area contributed by atoms with Crippen molar-refractivity contribution in [2.24, 2.45) is 0 Å². The van der Waals surface area contributed by atoms with Crippen molar-refractivity contribution < 1.29 is 5.11 Å². The summed E-state index contributed by atoms with van der Waals surface area (Å²) in [5.41, 5.74) is 12.1. The number of hydrogen-bond donors (Lipinski definition) is 3. The SMILES string of the molecule is CC.CO.Nc1ccc(Br)cc1N. The summed E-state index contributed by atoms with van der Waals surface area (Å²) in [6.45, 7) is 4.00. The molecule has 0 aromatic heterocycles. The first-order valence-corrected chi connectivity index (χ1v) is 4.74. The third kappa shape index (κ3) is 6.42. The van der Waals surface area contributed by atoms with Gasteiger partial charge in [-0.1, -0.05) is 29.8 Å². The molecule has 1 aromatic rings. The third-order valence-electron chi connectivity index (χ3n) is 1.05. The summed E-state index contributed by atoms with van der Waals surface area (Å²) in [4.78, 5) is 0. The van der Waals surface area contributed by atoms with Crippen LogP contribution in [0.2, 0.25) is 0 Å². The van der Waals surface area contributed by atoms with Crippen LogP contribution in [0.3, 0.4) is 0 Å². The average Bonchev–Trinajstić information content (AvgIpc) is 2.18. The number of nitrogen functional groups attached to an aromatic ring is 2. The molecule has 5 N–H and O–H groups in total. The summed E-state index contributed by atoms with van der Waals surface area (Å²) in [6, 6.07) is 5.39. The van der Waals surface area contributed by atoms with Crippen molar-refractivity contribution in [1.29, 1.82) is 0 Å². The molecule has 0 radical (unpaired) electrons. The molecule has 0 unspecified atom stereocenters. The number of aliphatic hydroxyl groups excluding tert-OH is 1. The van der Waals surface area contributed by atoms with E-state index in [-0.39, 0.29) is 0 Å². The maximum Gasteiger partial charge on any atom is 0.0559 e. The largest absolute Gasteiger partial charge is 0.400 e. The van der Waals surface area contributed by atoms with E-state index in [1.165, 1.54) is 0 Å². The quantitative estimate of drug-likeness (QED) is 0.617. The van der Waals surface area contributed by atoms with Gasteiger partial charge in [0.1, 0.15) is 0 Å². The summed E-state index contributed by atoms with van der Waals surface area (Å²) in [7, 11) is 1.00. The number of anilines is 2. The van der Waals surface area contributed by atoms with Crippen LogP contribution >= 0.6 is 15.9 Å². The Kier molecular flexibility index (Phi) is 10.6. The second-order valence-electron chi connectivity index (χ2n) is 1.77. The minimum Gasteiger partial charge on any atom is -0.400 e. The molecule has 13 heavy (non-hydrogen) atoms. The predicted molar refractivity (Wildman–Crippen MR) is 62.5 cm³/mol. The lowest BCUT2D eigenvalue weighted by atomic mass is 10.3.